The Morgan fingerprint density at radius 3 is 2.79 bits per heavy atom. The quantitative estimate of drug-likeness (QED) is 0.886. The zero-order valence-corrected chi connectivity index (χ0v) is 12.3. The summed E-state index contributed by atoms with van der Waals surface area (Å²) in [6.07, 6.45) is 5.19. The van der Waals surface area contributed by atoms with E-state index in [1.165, 1.54) is 12.8 Å². The average molecular weight is 264 g/mol. The van der Waals surface area contributed by atoms with Gasteiger partial charge in [-0.15, -0.1) is 0 Å². The predicted molar refractivity (Wildman–Crippen MR) is 78.0 cm³/mol. The van der Waals surface area contributed by atoms with Crippen molar-refractivity contribution < 1.29 is 4.74 Å². The second kappa shape index (κ2) is 6.08. The smallest absolute Gasteiger partial charge is 0.204 e. The summed E-state index contributed by atoms with van der Waals surface area (Å²) in [6, 6.07) is 1.05. The molecule has 2 heterocycles. The first-order valence-corrected chi connectivity index (χ1v) is 7.14. The summed E-state index contributed by atoms with van der Waals surface area (Å²) in [4.78, 5) is 11.1. The van der Waals surface area contributed by atoms with Crippen LogP contribution < -0.4 is 15.0 Å². The number of hydrogen-bond donors (Lipinski definition) is 1. The van der Waals surface area contributed by atoms with E-state index >= 15 is 0 Å². The van der Waals surface area contributed by atoms with Gasteiger partial charge in [-0.05, 0) is 33.1 Å². The molecule has 0 bridgehead atoms. The van der Waals surface area contributed by atoms with Crippen molar-refractivity contribution >= 4 is 11.6 Å². The third-order valence-corrected chi connectivity index (χ3v) is 3.84. The molecule has 19 heavy (non-hydrogen) atoms. The van der Waals surface area contributed by atoms with Gasteiger partial charge in [0.05, 0.1) is 7.11 Å². The molecule has 1 N–H and O–H groups in total. The van der Waals surface area contributed by atoms with Gasteiger partial charge >= 0.3 is 0 Å². The summed E-state index contributed by atoms with van der Waals surface area (Å²) < 4.78 is 5.55. The van der Waals surface area contributed by atoms with Crippen molar-refractivity contribution in [1.82, 2.24) is 9.97 Å². The van der Waals surface area contributed by atoms with Gasteiger partial charge in [0.2, 0.25) is 5.75 Å². The maximum Gasteiger partial charge on any atom is 0.204 e. The number of nitrogens with zero attached hydrogens (tertiary/aromatic N) is 3. The summed E-state index contributed by atoms with van der Waals surface area (Å²) >= 11 is 0. The lowest BCUT2D eigenvalue weighted by atomic mass is 10.1. The van der Waals surface area contributed by atoms with E-state index in [2.05, 4.69) is 41.0 Å². The molecular formula is C14H24N4O. The van der Waals surface area contributed by atoms with Crippen molar-refractivity contribution in [2.75, 3.05) is 23.9 Å². The van der Waals surface area contributed by atoms with E-state index in [0.717, 1.165) is 30.4 Å². The minimum atomic E-state index is 0.503. The van der Waals surface area contributed by atoms with Gasteiger partial charge in [-0.2, -0.15) is 0 Å². The van der Waals surface area contributed by atoms with Gasteiger partial charge in [0.25, 0.3) is 0 Å². The van der Waals surface area contributed by atoms with Gasteiger partial charge in [0.15, 0.2) is 11.6 Å². The summed E-state index contributed by atoms with van der Waals surface area (Å²) in [5.74, 6) is 2.46. The zero-order valence-electron chi connectivity index (χ0n) is 12.3. The van der Waals surface area contributed by atoms with E-state index in [0.29, 0.717) is 12.1 Å². The number of aromatic nitrogens is 2. The van der Waals surface area contributed by atoms with Gasteiger partial charge in [-0.25, -0.2) is 9.97 Å². The van der Waals surface area contributed by atoms with Crippen molar-refractivity contribution in [3.63, 3.8) is 0 Å². The van der Waals surface area contributed by atoms with Crippen LogP contribution in [0.1, 0.15) is 40.0 Å². The van der Waals surface area contributed by atoms with Crippen molar-refractivity contribution in [3.05, 3.63) is 6.33 Å². The monoisotopic (exact) mass is 264 g/mol. The van der Waals surface area contributed by atoms with Crippen LogP contribution in [0.4, 0.5) is 11.6 Å². The fourth-order valence-electron chi connectivity index (χ4n) is 2.88. The Labute approximate surface area is 115 Å². The van der Waals surface area contributed by atoms with Crippen LogP contribution in [0.5, 0.6) is 5.75 Å². The molecule has 0 aromatic carbocycles. The van der Waals surface area contributed by atoms with E-state index in [-0.39, 0.29) is 0 Å². The highest BCUT2D eigenvalue weighted by Crippen LogP contribution is 2.38. The van der Waals surface area contributed by atoms with Gasteiger partial charge < -0.3 is 15.0 Å². The SMILES string of the molecule is CCNc1ncnc(N2C(C)CCC2CC)c1OC. The van der Waals surface area contributed by atoms with Crippen LogP contribution in [0, 0.1) is 0 Å². The molecule has 2 atom stereocenters. The van der Waals surface area contributed by atoms with E-state index in [1.807, 2.05) is 0 Å². The Kier molecular flexibility index (Phi) is 4.45. The standard InChI is InChI=1S/C14H24N4O/c1-5-11-8-7-10(3)18(11)14-12(19-4)13(15-6-2)16-9-17-14/h9-11H,5-8H2,1-4H3,(H,15,16,17). The second-order valence-corrected chi connectivity index (χ2v) is 5.01. The topological polar surface area (TPSA) is 50.3 Å². The largest absolute Gasteiger partial charge is 0.490 e. The summed E-state index contributed by atoms with van der Waals surface area (Å²) in [6.45, 7) is 7.35. The number of hydrogen-bond acceptors (Lipinski definition) is 5. The Morgan fingerprint density at radius 2 is 2.16 bits per heavy atom. The minimum absolute atomic E-state index is 0.503. The number of ether oxygens (including phenoxy) is 1. The number of nitrogens with one attached hydrogen (secondary N) is 1. The molecule has 0 amide bonds. The first-order chi connectivity index (χ1) is 9.22. The van der Waals surface area contributed by atoms with Gasteiger partial charge in [0.1, 0.15) is 6.33 Å². The lowest BCUT2D eigenvalue weighted by Crippen LogP contribution is -2.35. The molecular weight excluding hydrogens is 240 g/mol. The Morgan fingerprint density at radius 1 is 1.37 bits per heavy atom. The molecule has 2 unspecified atom stereocenters. The van der Waals surface area contributed by atoms with Gasteiger partial charge in [-0.1, -0.05) is 6.92 Å². The molecule has 1 aromatic rings. The van der Waals surface area contributed by atoms with Crippen molar-refractivity contribution in [2.45, 2.75) is 52.1 Å². The van der Waals surface area contributed by atoms with Crippen LogP contribution in [-0.2, 0) is 0 Å². The van der Waals surface area contributed by atoms with Crippen molar-refractivity contribution in [1.29, 1.82) is 0 Å². The lowest BCUT2D eigenvalue weighted by Gasteiger charge is -2.30. The number of methoxy groups -OCH3 is 1. The molecule has 0 spiro atoms. The van der Waals surface area contributed by atoms with E-state index < -0.39 is 0 Å². The van der Waals surface area contributed by atoms with E-state index in [9.17, 15) is 0 Å². The molecule has 106 valence electrons. The van der Waals surface area contributed by atoms with E-state index in [1.54, 1.807) is 13.4 Å². The minimum Gasteiger partial charge on any atom is -0.490 e. The molecule has 0 aliphatic carbocycles. The highest BCUT2D eigenvalue weighted by molar-refractivity contribution is 5.65. The van der Waals surface area contributed by atoms with Crippen molar-refractivity contribution in [3.8, 4) is 5.75 Å². The number of rotatable bonds is 5. The summed E-state index contributed by atoms with van der Waals surface area (Å²) in [5.41, 5.74) is 0. The van der Waals surface area contributed by atoms with Crippen LogP contribution in [0.25, 0.3) is 0 Å². The molecule has 0 radical (unpaired) electrons. The lowest BCUT2D eigenvalue weighted by molar-refractivity contribution is 0.410. The van der Waals surface area contributed by atoms with Crippen LogP contribution in [0.2, 0.25) is 0 Å². The highest BCUT2D eigenvalue weighted by Gasteiger charge is 2.33. The Bertz CT molecular complexity index is 424. The second-order valence-electron chi connectivity index (χ2n) is 5.01. The zero-order chi connectivity index (χ0) is 13.8. The molecule has 1 aliphatic rings. The molecule has 1 aliphatic heterocycles. The molecule has 1 saturated heterocycles. The summed E-state index contributed by atoms with van der Waals surface area (Å²) in [7, 11) is 1.69. The van der Waals surface area contributed by atoms with Gasteiger partial charge in [-0.3, -0.25) is 0 Å². The average Bonchev–Trinajstić information content (AvgIpc) is 2.79. The molecule has 0 saturated carbocycles. The molecule has 1 aromatic heterocycles. The fourth-order valence-corrected chi connectivity index (χ4v) is 2.88. The summed E-state index contributed by atoms with van der Waals surface area (Å²) in [5, 5.41) is 3.24. The first kappa shape index (κ1) is 13.9. The fraction of sp³-hybridized carbons (Fsp3) is 0.714. The van der Waals surface area contributed by atoms with Crippen molar-refractivity contribution in [2.24, 2.45) is 0 Å². The Balaban J connectivity index is 2.40. The molecule has 2 rings (SSSR count). The highest BCUT2D eigenvalue weighted by atomic mass is 16.5. The first-order valence-electron chi connectivity index (χ1n) is 7.14. The third-order valence-electron chi connectivity index (χ3n) is 3.84. The van der Waals surface area contributed by atoms with E-state index in [4.69, 9.17) is 4.74 Å². The van der Waals surface area contributed by atoms with Gasteiger partial charge in [0, 0.05) is 18.6 Å². The number of anilines is 2. The maximum atomic E-state index is 5.55. The predicted octanol–water partition coefficient (Wildman–Crippen LogP) is 2.68. The van der Waals surface area contributed by atoms with Crippen LogP contribution in [-0.4, -0.2) is 35.7 Å². The van der Waals surface area contributed by atoms with Crippen LogP contribution in [0.3, 0.4) is 0 Å². The Hall–Kier alpha value is -1.52. The molecule has 5 heteroatoms. The molecule has 5 nitrogen and oxygen atoms in total. The third kappa shape index (κ3) is 2.60. The van der Waals surface area contributed by atoms with Crippen LogP contribution >= 0.6 is 0 Å². The maximum absolute atomic E-state index is 5.55. The molecule has 1 fully saturated rings. The van der Waals surface area contributed by atoms with Crippen LogP contribution in [0.15, 0.2) is 6.33 Å². The normalized spacial score (nSPS) is 22.6.